The molecule has 1 aliphatic heterocycles. The first-order valence-corrected chi connectivity index (χ1v) is 9.84. The number of hydrogen-bond donors (Lipinski definition) is 1. The van der Waals surface area contributed by atoms with Crippen molar-refractivity contribution in [3.8, 4) is 11.5 Å². The molecule has 1 heterocycles. The average molecular weight is 378 g/mol. The molecule has 0 fully saturated rings. The lowest BCUT2D eigenvalue weighted by atomic mass is 9.99. The molecule has 0 saturated carbocycles. The van der Waals surface area contributed by atoms with Gasteiger partial charge in [-0.1, -0.05) is 13.8 Å². The third-order valence-corrected chi connectivity index (χ3v) is 5.07. The summed E-state index contributed by atoms with van der Waals surface area (Å²) in [6.07, 6.45) is 2.21. The molecule has 6 nitrogen and oxygen atoms in total. The van der Waals surface area contributed by atoms with Gasteiger partial charge in [-0.3, -0.25) is 4.99 Å². The first-order valence-electron chi connectivity index (χ1n) is 9.84. The number of nitrogens with zero attached hydrogens (tertiary/aromatic N) is 2. The molecule has 1 unspecified atom stereocenters. The van der Waals surface area contributed by atoms with E-state index in [2.05, 4.69) is 48.1 Å². The number of aliphatic imine (C=N–C) groups is 1. The molecule has 0 bridgehead atoms. The van der Waals surface area contributed by atoms with E-state index in [1.165, 1.54) is 11.1 Å². The highest BCUT2D eigenvalue weighted by Crippen LogP contribution is 2.33. The fraction of sp³-hybridized carbons (Fsp3) is 0.667. The van der Waals surface area contributed by atoms with Crippen molar-refractivity contribution in [2.24, 2.45) is 10.9 Å². The van der Waals surface area contributed by atoms with Crippen LogP contribution in [0, 0.1) is 5.92 Å². The van der Waals surface area contributed by atoms with Crippen LogP contribution in [0.15, 0.2) is 17.1 Å². The molecular formula is C21H35N3O3. The van der Waals surface area contributed by atoms with E-state index in [9.17, 15) is 0 Å². The van der Waals surface area contributed by atoms with Crippen LogP contribution in [0.4, 0.5) is 0 Å². The van der Waals surface area contributed by atoms with E-state index in [1.807, 2.05) is 7.05 Å². The number of fused-ring (bicyclic) bond motifs is 1. The minimum Gasteiger partial charge on any atom is -0.493 e. The van der Waals surface area contributed by atoms with Gasteiger partial charge in [0.2, 0.25) is 0 Å². The standard InChI is InChI=1S/C21H35N3O3/c1-7-27-18(15(2)3)8-10-23-21(22-4)24-11-9-16-12-19(25-5)20(26-6)13-17(16)14-24/h12-13,15,18H,7-11,14H2,1-6H3,(H,22,23). The van der Waals surface area contributed by atoms with Gasteiger partial charge in [-0.25, -0.2) is 0 Å². The van der Waals surface area contributed by atoms with Crippen LogP contribution in [0.3, 0.4) is 0 Å². The quantitative estimate of drug-likeness (QED) is 0.557. The summed E-state index contributed by atoms with van der Waals surface area (Å²) >= 11 is 0. The largest absolute Gasteiger partial charge is 0.493 e. The Bertz CT molecular complexity index is 631. The van der Waals surface area contributed by atoms with Crippen molar-refractivity contribution in [2.75, 3.05) is 41.0 Å². The van der Waals surface area contributed by atoms with Gasteiger partial charge in [0.15, 0.2) is 17.5 Å². The molecule has 152 valence electrons. The topological polar surface area (TPSA) is 55.3 Å². The van der Waals surface area contributed by atoms with Crippen LogP contribution in [-0.2, 0) is 17.7 Å². The van der Waals surface area contributed by atoms with E-state index in [0.717, 1.165) is 56.5 Å². The summed E-state index contributed by atoms with van der Waals surface area (Å²) in [5, 5.41) is 3.50. The smallest absolute Gasteiger partial charge is 0.193 e. The van der Waals surface area contributed by atoms with E-state index in [0.29, 0.717) is 5.92 Å². The summed E-state index contributed by atoms with van der Waals surface area (Å²) in [5.74, 6) is 3.02. The SMILES string of the molecule is CCOC(CCNC(=NC)N1CCc2cc(OC)c(OC)cc2C1)C(C)C. The average Bonchev–Trinajstić information content (AvgIpc) is 2.68. The van der Waals surface area contributed by atoms with E-state index in [4.69, 9.17) is 14.2 Å². The van der Waals surface area contributed by atoms with Gasteiger partial charge in [-0.2, -0.15) is 0 Å². The Balaban J connectivity index is 1.99. The summed E-state index contributed by atoms with van der Waals surface area (Å²) < 4.78 is 16.7. The van der Waals surface area contributed by atoms with Crippen LogP contribution < -0.4 is 14.8 Å². The molecule has 1 aromatic rings. The van der Waals surface area contributed by atoms with Crippen molar-refractivity contribution < 1.29 is 14.2 Å². The molecule has 1 aromatic carbocycles. The second kappa shape index (κ2) is 10.4. The summed E-state index contributed by atoms with van der Waals surface area (Å²) in [6, 6.07) is 4.18. The second-order valence-electron chi connectivity index (χ2n) is 7.15. The molecule has 0 radical (unpaired) electrons. The zero-order chi connectivity index (χ0) is 19.8. The molecule has 6 heteroatoms. The fourth-order valence-corrected chi connectivity index (χ4v) is 3.55. The first-order chi connectivity index (χ1) is 13.0. The minimum absolute atomic E-state index is 0.277. The molecular weight excluding hydrogens is 342 g/mol. The van der Waals surface area contributed by atoms with Crippen molar-refractivity contribution in [1.82, 2.24) is 10.2 Å². The Kier molecular flexibility index (Phi) is 8.23. The normalized spacial score (nSPS) is 15.5. The lowest BCUT2D eigenvalue weighted by Crippen LogP contribution is -2.45. The van der Waals surface area contributed by atoms with Gasteiger partial charge >= 0.3 is 0 Å². The third kappa shape index (κ3) is 5.51. The second-order valence-corrected chi connectivity index (χ2v) is 7.15. The van der Waals surface area contributed by atoms with Gasteiger partial charge in [-0.15, -0.1) is 0 Å². The van der Waals surface area contributed by atoms with Crippen molar-refractivity contribution in [3.05, 3.63) is 23.3 Å². The molecule has 0 spiro atoms. The van der Waals surface area contributed by atoms with Crippen molar-refractivity contribution in [3.63, 3.8) is 0 Å². The third-order valence-electron chi connectivity index (χ3n) is 5.07. The molecule has 0 saturated heterocycles. The Morgan fingerprint density at radius 3 is 2.41 bits per heavy atom. The van der Waals surface area contributed by atoms with Crippen LogP contribution in [0.5, 0.6) is 11.5 Å². The zero-order valence-electron chi connectivity index (χ0n) is 17.7. The highest BCUT2D eigenvalue weighted by molar-refractivity contribution is 5.80. The first kappa shape index (κ1) is 21.4. The van der Waals surface area contributed by atoms with Gasteiger partial charge in [0.1, 0.15) is 0 Å². The number of ether oxygens (including phenoxy) is 3. The van der Waals surface area contributed by atoms with Gasteiger partial charge in [0.05, 0.1) is 20.3 Å². The minimum atomic E-state index is 0.277. The van der Waals surface area contributed by atoms with Crippen LogP contribution in [0.25, 0.3) is 0 Å². The number of benzene rings is 1. The van der Waals surface area contributed by atoms with Crippen molar-refractivity contribution in [2.45, 2.75) is 46.3 Å². The predicted octanol–water partition coefficient (Wildman–Crippen LogP) is 3.09. The molecule has 0 amide bonds. The van der Waals surface area contributed by atoms with Gasteiger partial charge in [-0.05, 0) is 48.9 Å². The predicted molar refractivity (Wildman–Crippen MR) is 110 cm³/mol. The Labute approximate surface area is 163 Å². The van der Waals surface area contributed by atoms with E-state index >= 15 is 0 Å². The number of guanidine groups is 1. The van der Waals surface area contributed by atoms with Gasteiger partial charge in [0, 0.05) is 33.3 Å². The molecule has 0 aromatic heterocycles. The van der Waals surface area contributed by atoms with Crippen molar-refractivity contribution >= 4 is 5.96 Å². The number of nitrogens with one attached hydrogen (secondary N) is 1. The molecule has 1 aliphatic rings. The maximum atomic E-state index is 5.84. The van der Waals surface area contributed by atoms with Crippen LogP contribution in [0.2, 0.25) is 0 Å². The molecule has 27 heavy (non-hydrogen) atoms. The van der Waals surface area contributed by atoms with Crippen molar-refractivity contribution in [1.29, 1.82) is 0 Å². The highest BCUT2D eigenvalue weighted by Gasteiger charge is 2.22. The molecule has 2 rings (SSSR count). The Morgan fingerprint density at radius 1 is 1.19 bits per heavy atom. The summed E-state index contributed by atoms with van der Waals surface area (Å²) in [7, 11) is 5.20. The molecule has 1 N–H and O–H groups in total. The van der Waals surface area contributed by atoms with E-state index < -0.39 is 0 Å². The lowest BCUT2D eigenvalue weighted by Gasteiger charge is -2.32. The molecule has 0 aliphatic carbocycles. The van der Waals surface area contributed by atoms with Crippen LogP contribution >= 0.6 is 0 Å². The lowest BCUT2D eigenvalue weighted by molar-refractivity contribution is 0.0257. The zero-order valence-corrected chi connectivity index (χ0v) is 17.7. The fourth-order valence-electron chi connectivity index (χ4n) is 3.55. The maximum absolute atomic E-state index is 5.84. The summed E-state index contributed by atoms with van der Waals surface area (Å²) in [5.41, 5.74) is 2.58. The summed E-state index contributed by atoms with van der Waals surface area (Å²) in [4.78, 5) is 6.77. The van der Waals surface area contributed by atoms with Crippen LogP contribution in [0.1, 0.15) is 38.3 Å². The van der Waals surface area contributed by atoms with Crippen LogP contribution in [-0.4, -0.2) is 57.9 Å². The van der Waals surface area contributed by atoms with E-state index in [1.54, 1.807) is 14.2 Å². The highest BCUT2D eigenvalue weighted by atomic mass is 16.5. The summed E-state index contributed by atoms with van der Waals surface area (Å²) in [6.45, 7) is 9.82. The monoisotopic (exact) mass is 377 g/mol. The number of rotatable bonds is 8. The number of hydrogen-bond acceptors (Lipinski definition) is 4. The Morgan fingerprint density at radius 2 is 1.85 bits per heavy atom. The maximum Gasteiger partial charge on any atom is 0.193 e. The van der Waals surface area contributed by atoms with E-state index in [-0.39, 0.29) is 6.10 Å². The van der Waals surface area contributed by atoms with Gasteiger partial charge in [0.25, 0.3) is 0 Å². The molecule has 1 atom stereocenters. The van der Waals surface area contributed by atoms with Gasteiger partial charge < -0.3 is 24.4 Å². The number of methoxy groups -OCH3 is 2. The Hall–Kier alpha value is -1.95.